The second-order valence-electron chi connectivity index (χ2n) is 15.4. The van der Waals surface area contributed by atoms with Crippen LogP contribution in [0.2, 0.25) is 0 Å². The highest BCUT2D eigenvalue weighted by atomic mass is 16.5. The van der Waals surface area contributed by atoms with E-state index in [0.29, 0.717) is 13.2 Å². The largest absolute Gasteiger partial charge is 0.493 e. The summed E-state index contributed by atoms with van der Waals surface area (Å²) in [5.41, 5.74) is 11.6. The number of unbranched alkanes of at least 4 members (excludes halogenated alkanes) is 6. The Balaban J connectivity index is 1.44. The van der Waals surface area contributed by atoms with Gasteiger partial charge < -0.3 is 9.47 Å². The van der Waals surface area contributed by atoms with Crippen LogP contribution in [-0.2, 0) is 0 Å². The van der Waals surface area contributed by atoms with Crippen molar-refractivity contribution >= 4 is 21.5 Å². The summed E-state index contributed by atoms with van der Waals surface area (Å²) in [5.74, 6) is 1.79. The van der Waals surface area contributed by atoms with Crippen molar-refractivity contribution in [1.82, 2.24) is 0 Å². The van der Waals surface area contributed by atoms with Gasteiger partial charge in [0.15, 0.2) is 0 Å². The van der Waals surface area contributed by atoms with E-state index >= 15 is 0 Å². The second-order valence-corrected chi connectivity index (χ2v) is 15.4. The van der Waals surface area contributed by atoms with Crippen LogP contribution in [0.5, 0.6) is 11.5 Å². The van der Waals surface area contributed by atoms with E-state index in [4.69, 9.17) is 9.47 Å². The Kier molecular flexibility index (Phi) is 12.6. The van der Waals surface area contributed by atoms with Gasteiger partial charge in [-0.15, -0.1) is 0 Å². The van der Waals surface area contributed by atoms with Crippen LogP contribution in [-0.4, -0.2) is 13.2 Å². The van der Waals surface area contributed by atoms with Crippen molar-refractivity contribution in [3.63, 3.8) is 0 Å². The van der Waals surface area contributed by atoms with Crippen molar-refractivity contribution in [2.45, 2.75) is 65.2 Å². The minimum Gasteiger partial charge on any atom is -0.493 e. The number of benzene rings is 8. The van der Waals surface area contributed by atoms with Crippen LogP contribution in [0, 0.1) is 0 Å². The molecule has 2 nitrogen and oxygen atoms in total. The van der Waals surface area contributed by atoms with Gasteiger partial charge in [0.1, 0.15) is 11.5 Å². The number of fused-ring (bicyclic) bond motifs is 2. The van der Waals surface area contributed by atoms with Crippen molar-refractivity contribution in [2.75, 3.05) is 13.2 Å². The van der Waals surface area contributed by atoms with Crippen LogP contribution < -0.4 is 9.47 Å². The van der Waals surface area contributed by atoms with E-state index in [-0.39, 0.29) is 0 Å². The monoisotopic (exact) mass is 758 g/mol. The second kappa shape index (κ2) is 18.9. The third-order valence-corrected chi connectivity index (χ3v) is 11.3. The zero-order valence-electron chi connectivity index (χ0n) is 34.1. The number of hydrogen-bond donors (Lipinski definition) is 0. The summed E-state index contributed by atoms with van der Waals surface area (Å²) in [6.45, 7) is 5.82. The molecule has 8 aromatic rings. The Morgan fingerprint density at radius 1 is 0.310 bits per heavy atom. The van der Waals surface area contributed by atoms with Gasteiger partial charge in [0.05, 0.1) is 13.2 Å². The summed E-state index contributed by atoms with van der Waals surface area (Å²) in [6, 6.07) is 61.6. The van der Waals surface area contributed by atoms with Crippen molar-refractivity contribution in [3.05, 3.63) is 170 Å². The van der Waals surface area contributed by atoms with Gasteiger partial charge in [-0.3, -0.25) is 0 Å². The molecule has 290 valence electrons. The molecule has 0 bridgehead atoms. The number of rotatable bonds is 17. The van der Waals surface area contributed by atoms with Crippen LogP contribution >= 0.6 is 0 Å². The predicted molar refractivity (Wildman–Crippen MR) is 248 cm³/mol. The molecule has 0 fully saturated rings. The zero-order valence-corrected chi connectivity index (χ0v) is 34.1. The molecule has 0 radical (unpaired) electrons. The van der Waals surface area contributed by atoms with Gasteiger partial charge in [0.2, 0.25) is 0 Å². The van der Waals surface area contributed by atoms with Crippen LogP contribution in [0.1, 0.15) is 65.2 Å². The Bertz CT molecular complexity index is 2380. The number of hydrogen-bond acceptors (Lipinski definition) is 2. The maximum atomic E-state index is 7.04. The standard InChI is InChI=1S/C56H54O2/c1-3-5-7-21-35-57-53-39-49(43-27-17-11-18-28-43)51-37-45(41-23-13-9-14-24-41)31-33-47(51)55(53)56-48-34-32-46(42-25-15-10-16-26-42)38-52(48)50(44-29-19-12-20-30-44)40-54(56)58-36-22-8-6-4-2/h9-20,23-34,37-40H,3-8,21-22,35-36H2,1-2H3. The average molecular weight is 759 g/mol. The molecule has 0 spiro atoms. The highest BCUT2D eigenvalue weighted by molar-refractivity contribution is 6.17. The van der Waals surface area contributed by atoms with Gasteiger partial charge in [-0.2, -0.15) is 0 Å². The minimum atomic E-state index is 0.653. The SMILES string of the molecule is CCCCCCOc1cc(-c2ccccc2)c2cc(-c3ccccc3)ccc2c1-c1c(OCCCCCC)cc(-c2ccccc2)c2cc(-c3ccccc3)ccc12. The lowest BCUT2D eigenvalue weighted by atomic mass is 9.85. The van der Waals surface area contributed by atoms with E-state index in [1.54, 1.807) is 0 Å². The molecule has 0 amide bonds. The number of ether oxygens (including phenoxy) is 2. The minimum absolute atomic E-state index is 0.653. The first-order valence-electron chi connectivity index (χ1n) is 21.4. The van der Waals surface area contributed by atoms with E-state index in [0.717, 1.165) is 59.1 Å². The lowest BCUT2D eigenvalue weighted by Crippen LogP contribution is -2.04. The molecule has 0 aliphatic heterocycles. The van der Waals surface area contributed by atoms with Crippen molar-refractivity contribution in [1.29, 1.82) is 0 Å². The maximum absolute atomic E-state index is 7.04. The Morgan fingerprint density at radius 3 is 1.03 bits per heavy atom. The normalized spacial score (nSPS) is 11.3. The van der Waals surface area contributed by atoms with E-state index in [1.807, 2.05) is 0 Å². The van der Waals surface area contributed by atoms with Crippen molar-refractivity contribution in [3.8, 4) is 67.1 Å². The summed E-state index contributed by atoms with van der Waals surface area (Å²) < 4.78 is 14.1. The van der Waals surface area contributed by atoms with E-state index < -0.39 is 0 Å². The zero-order chi connectivity index (χ0) is 39.5. The van der Waals surface area contributed by atoms with Gasteiger partial charge in [-0.05, 0) is 103 Å². The molecule has 8 rings (SSSR count). The maximum Gasteiger partial charge on any atom is 0.128 e. The molecule has 0 heterocycles. The van der Waals surface area contributed by atoms with Crippen LogP contribution in [0.3, 0.4) is 0 Å². The van der Waals surface area contributed by atoms with Gasteiger partial charge in [-0.1, -0.05) is 198 Å². The first-order chi connectivity index (χ1) is 28.7. The van der Waals surface area contributed by atoms with E-state index in [2.05, 4.69) is 184 Å². The van der Waals surface area contributed by atoms with E-state index in [1.165, 1.54) is 81.0 Å². The Morgan fingerprint density at radius 2 is 0.672 bits per heavy atom. The quantitative estimate of drug-likeness (QED) is 0.0861. The molecule has 0 N–H and O–H groups in total. The third-order valence-electron chi connectivity index (χ3n) is 11.3. The molecule has 0 saturated heterocycles. The third kappa shape index (κ3) is 8.58. The van der Waals surface area contributed by atoms with Gasteiger partial charge >= 0.3 is 0 Å². The molecule has 0 aromatic heterocycles. The molecular weight excluding hydrogens is 705 g/mol. The Labute approximate surface area is 345 Å². The fraction of sp³-hybridized carbons (Fsp3) is 0.214. The fourth-order valence-electron chi connectivity index (χ4n) is 8.30. The lowest BCUT2D eigenvalue weighted by Gasteiger charge is -2.24. The molecule has 58 heavy (non-hydrogen) atoms. The molecule has 0 atom stereocenters. The summed E-state index contributed by atoms with van der Waals surface area (Å²) in [5, 5.41) is 4.69. The summed E-state index contributed by atoms with van der Waals surface area (Å²) in [7, 11) is 0. The van der Waals surface area contributed by atoms with Crippen LogP contribution in [0.15, 0.2) is 170 Å². The fourth-order valence-corrected chi connectivity index (χ4v) is 8.30. The summed E-state index contributed by atoms with van der Waals surface area (Å²) in [6.07, 6.45) is 9.10. The highest BCUT2D eigenvalue weighted by Gasteiger charge is 2.24. The van der Waals surface area contributed by atoms with Crippen LogP contribution in [0.4, 0.5) is 0 Å². The summed E-state index contributed by atoms with van der Waals surface area (Å²) in [4.78, 5) is 0. The van der Waals surface area contributed by atoms with Crippen LogP contribution in [0.25, 0.3) is 77.2 Å². The Hall–Kier alpha value is -6.12. The van der Waals surface area contributed by atoms with Crippen molar-refractivity contribution < 1.29 is 9.47 Å². The molecule has 8 aromatic carbocycles. The van der Waals surface area contributed by atoms with Gasteiger partial charge in [0.25, 0.3) is 0 Å². The predicted octanol–water partition coefficient (Wildman–Crippen LogP) is 16.2. The topological polar surface area (TPSA) is 18.5 Å². The van der Waals surface area contributed by atoms with E-state index in [9.17, 15) is 0 Å². The van der Waals surface area contributed by atoms with Crippen molar-refractivity contribution in [2.24, 2.45) is 0 Å². The van der Waals surface area contributed by atoms with Gasteiger partial charge in [0, 0.05) is 11.1 Å². The first-order valence-corrected chi connectivity index (χ1v) is 21.4. The first kappa shape index (κ1) is 38.7. The molecule has 0 aliphatic carbocycles. The molecular formula is C56H54O2. The average Bonchev–Trinajstić information content (AvgIpc) is 3.29. The lowest BCUT2D eigenvalue weighted by molar-refractivity contribution is 0.302. The molecule has 0 aliphatic rings. The summed E-state index contributed by atoms with van der Waals surface area (Å²) >= 11 is 0. The van der Waals surface area contributed by atoms with Gasteiger partial charge in [-0.25, -0.2) is 0 Å². The molecule has 0 unspecified atom stereocenters. The highest BCUT2D eigenvalue weighted by Crippen LogP contribution is 2.51. The smallest absolute Gasteiger partial charge is 0.128 e. The molecule has 0 saturated carbocycles. The molecule has 2 heteroatoms.